The van der Waals surface area contributed by atoms with Crippen LogP contribution < -0.4 is 0 Å². The Hall–Kier alpha value is -6.88. The van der Waals surface area contributed by atoms with Crippen molar-refractivity contribution in [2.45, 2.75) is 27.7 Å². The molecule has 0 aliphatic carbocycles. The minimum Gasteiger partial charge on any atom is -0.307 e. The third kappa shape index (κ3) is 4.89. The summed E-state index contributed by atoms with van der Waals surface area (Å²) in [6.07, 6.45) is 0. The fourth-order valence-corrected chi connectivity index (χ4v) is 7.95. The van der Waals surface area contributed by atoms with Gasteiger partial charge in [0.1, 0.15) is 0 Å². The van der Waals surface area contributed by atoms with E-state index in [1.807, 2.05) is 36.4 Å². The van der Waals surface area contributed by atoms with Crippen LogP contribution in [0.1, 0.15) is 33.4 Å². The molecule has 0 saturated carbocycles. The van der Waals surface area contributed by atoms with E-state index in [0.717, 1.165) is 55.7 Å². The SMILES string of the molecule is Cc1ccc2c(c1)c1cc(C)ccc1n2-c1cc(-c2cccc(C#N)c2)c(-c2cccc(C#N)c2)cc1-n1c2ccc(C)cc2c2cc(C)ccc21. The number of hydrogen-bond donors (Lipinski definition) is 0. The molecule has 2 aromatic heterocycles. The second kappa shape index (κ2) is 11.9. The van der Waals surface area contributed by atoms with Gasteiger partial charge in [-0.15, -0.1) is 0 Å². The molecule has 0 N–H and O–H groups in total. The van der Waals surface area contributed by atoms with Gasteiger partial charge in [0, 0.05) is 21.5 Å². The van der Waals surface area contributed by atoms with Gasteiger partial charge in [0.25, 0.3) is 0 Å². The Kier molecular flexibility index (Phi) is 7.11. The fourth-order valence-electron chi connectivity index (χ4n) is 7.95. The smallest absolute Gasteiger partial charge is 0.0991 e. The Morgan fingerprint density at radius 2 is 0.712 bits per heavy atom. The third-order valence-electron chi connectivity index (χ3n) is 10.4. The van der Waals surface area contributed by atoms with Crippen molar-refractivity contribution in [2.24, 2.45) is 0 Å². The van der Waals surface area contributed by atoms with Gasteiger partial charge in [-0.1, -0.05) is 70.8 Å². The molecule has 0 atom stereocenters. The molecule has 0 saturated heterocycles. The van der Waals surface area contributed by atoms with Gasteiger partial charge in [-0.05, 0) is 135 Å². The fraction of sp³-hybridized carbons (Fsp3) is 0.0833. The number of aromatic nitrogens is 2. The van der Waals surface area contributed by atoms with E-state index in [1.54, 1.807) is 0 Å². The van der Waals surface area contributed by atoms with Gasteiger partial charge in [0.15, 0.2) is 0 Å². The van der Waals surface area contributed by atoms with Crippen molar-refractivity contribution < 1.29 is 0 Å². The molecule has 0 radical (unpaired) electrons. The molecule has 7 aromatic carbocycles. The predicted molar refractivity (Wildman–Crippen MR) is 214 cm³/mol. The van der Waals surface area contributed by atoms with Crippen LogP contribution in [0.3, 0.4) is 0 Å². The lowest BCUT2D eigenvalue weighted by atomic mass is 9.91. The summed E-state index contributed by atoms with van der Waals surface area (Å²) in [5, 5.41) is 24.8. The van der Waals surface area contributed by atoms with Crippen LogP contribution in [0.25, 0.3) is 77.2 Å². The summed E-state index contributed by atoms with van der Waals surface area (Å²) in [4.78, 5) is 0. The van der Waals surface area contributed by atoms with Crippen LogP contribution in [0.2, 0.25) is 0 Å². The Morgan fingerprint density at radius 1 is 0.385 bits per heavy atom. The van der Waals surface area contributed by atoms with E-state index < -0.39 is 0 Å². The van der Waals surface area contributed by atoms with E-state index in [1.165, 1.54) is 43.8 Å². The van der Waals surface area contributed by atoms with Gasteiger partial charge in [0.2, 0.25) is 0 Å². The first-order valence-corrected chi connectivity index (χ1v) is 17.5. The summed E-state index contributed by atoms with van der Waals surface area (Å²) in [7, 11) is 0. The van der Waals surface area contributed by atoms with Crippen molar-refractivity contribution in [3.63, 3.8) is 0 Å². The maximum Gasteiger partial charge on any atom is 0.0991 e. The first-order valence-electron chi connectivity index (χ1n) is 17.5. The normalized spacial score (nSPS) is 11.4. The summed E-state index contributed by atoms with van der Waals surface area (Å²) in [5.41, 5.74) is 16.4. The van der Waals surface area contributed by atoms with Gasteiger partial charge in [-0.3, -0.25) is 0 Å². The maximum atomic E-state index is 9.97. The molecule has 0 unspecified atom stereocenters. The molecule has 0 fully saturated rings. The molecule has 2 heterocycles. The quantitative estimate of drug-likeness (QED) is 0.188. The highest BCUT2D eigenvalue weighted by Crippen LogP contribution is 2.44. The Morgan fingerprint density at radius 3 is 1.02 bits per heavy atom. The van der Waals surface area contributed by atoms with Crippen LogP contribution in [-0.2, 0) is 0 Å². The van der Waals surface area contributed by atoms with Crippen LogP contribution >= 0.6 is 0 Å². The predicted octanol–water partition coefficient (Wildman–Crippen LogP) is 12.2. The van der Waals surface area contributed by atoms with Crippen molar-refractivity contribution in [2.75, 3.05) is 0 Å². The summed E-state index contributed by atoms with van der Waals surface area (Å²) >= 11 is 0. The van der Waals surface area contributed by atoms with Crippen LogP contribution in [0.15, 0.2) is 133 Å². The number of nitrogens with zero attached hydrogens (tertiary/aromatic N) is 4. The molecule has 4 heteroatoms. The van der Waals surface area contributed by atoms with Crippen LogP contribution in [0, 0.1) is 50.4 Å². The second-order valence-electron chi connectivity index (χ2n) is 14.0. The van der Waals surface area contributed by atoms with Crippen molar-refractivity contribution >= 4 is 43.6 Å². The third-order valence-corrected chi connectivity index (χ3v) is 10.4. The lowest BCUT2D eigenvalue weighted by Crippen LogP contribution is -2.05. The highest BCUT2D eigenvalue weighted by atomic mass is 15.1. The molecule has 246 valence electrons. The molecule has 0 aliphatic rings. The zero-order valence-electron chi connectivity index (χ0n) is 29.5. The van der Waals surface area contributed by atoms with Crippen molar-refractivity contribution in [3.8, 4) is 45.8 Å². The highest BCUT2D eigenvalue weighted by Gasteiger charge is 2.23. The minimum atomic E-state index is 0.593. The van der Waals surface area contributed by atoms with E-state index >= 15 is 0 Å². The lowest BCUT2D eigenvalue weighted by molar-refractivity contribution is 1.09. The minimum absolute atomic E-state index is 0.593. The topological polar surface area (TPSA) is 57.4 Å². The average Bonchev–Trinajstić information content (AvgIpc) is 3.65. The van der Waals surface area contributed by atoms with Gasteiger partial charge in [0.05, 0.1) is 56.7 Å². The Balaban J connectivity index is 1.52. The number of hydrogen-bond acceptors (Lipinski definition) is 2. The number of rotatable bonds is 4. The molecule has 4 nitrogen and oxygen atoms in total. The average molecular weight is 667 g/mol. The Bertz CT molecular complexity index is 2700. The lowest BCUT2D eigenvalue weighted by Gasteiger charge is -2.22. The van der Waals surface area contributed by atoms with E-state index in [4.69, 9.17) is 0 Å². The van der Waals surface area contributed by atoms with E-state index in [2.05, 4.69) is 146 Å². The first-order chi connectivity index (χ1) is 25.3. The molecule has 0 bridgehead atoms. The molecule has 9 aromatic rings. The number of benzene rings is 7. The summed E-state index contributed by atoms with van der Waals surface area (Å²) < 4.78 is 4.82. The second-order valence-corrected chi connectivity index (χ2v) is 14.0. The zero-order valence-corrected chi connectivity index (χ0v) is 29.5. The van der Waals surface area contributed by atoms with E-state index in [0.29, 0.717) is 11.1 Å². The van der Waals surface area contributed by atoms with Crippen molar-refractivity contribution in [1.82, 2.24) is 9.13 Å². The molecular weight excluding hydrogens is 633 g/mol. The van der Waals surface area contributed by atoms with Crippen LogP contribution in [0.5, 0.6) is 0 Å². The molecule has 0 amide bonds. The van der Waals surface area contributed by atoms with Crippen LogP contribution in [0.4, 0.5) is 0 Å². The van der Waals surface area contributed by atoms with Crippen molar-refractivity contribution in [1.29, 1.82) is 10.5 Å². The number of nitriles is 2. The molecular formula is C48H34N4. The van der Waals surface area contributed by atoms with E-state index in [9.17, 15) is 10.5 Å². The molecule has 9 rings (SSSR count). The van der Waals surface area contributed by atoms with Gasteiger partial charge in [-0.2, -0.15) is 10.5 Å². The largest absolute Gasteiger partial charge is 0.307 e. The highest BCUT2D eigenvalue weighted by molar-refractivity contribution is 6.12. The van der Waals surface area contributed by atoms with Gasteiger partial charge < -0.3 is 9.13 Å². The van der Waals surface area contributed by atoms with Gasteiger partial charge in [-0.25, -0.2) is 0 Å². The number of aryl methyl sites for hydroxylation is 4. The maximum absolute atomic E-state index is 9.97. The summed E-state index contributed by atoms with van der Waals surface area (Å²) in [6.45, 7) is 8.60. The van der Waals surface area contributed by atoms with Gasteiger partial charge >= 0.3 is 0 Å². The zero-order chi connectivity index (χ0) is 35.7. The number of fused-ring (bicyclic) bond motifs is 6. The van der Waals surface area contributed by atoms with E-state index in [-0.39, 0.29) is 0 Å². The van der Waals surface area contributed by atoms with Crippen molar-refractivity contribution in [3.05, 3.63) is 167 Å². The Labute approximate surface area is 302 Å². The molecule has 0 spiro atoms. The molecule has 0 aliphatic heterocycles. The molecule has 52 heavy (non-hydrogen) atoms. The standard InChI is InChI=1S/C48H34N4/c1-29-11-15-43-39(19-29)40-20-30(2)12-16-44(40)51(43)47-25-37(35-9-5-7-33(23-35)27-49)38(36-10-6-8-34(24-36)28-50)26-48(47)52-45-17-13-31(3)21-41(45)42-22-32(4)14-18-46(42)52/h5-26H,1-4H3. The summed E-state index contributed by atoms with van der Waals surface area (Å²) in [5.74, 6) is 0. The van der Waals surface area contributed by atoms with Crippen LogP contribution in [-0.4, -0.2) is 9.13 Å². The monoisotopic (exact) mass is 666 g/mol. The first kappa shape index (κ1) is 31.1. The summed E-state index contributed by atoms with van der Waals surface area (Å²) in [6, 6.07) is 51.8.